The number of anilines is 1. The summed E-state index contributed by atoms with van der Waals surface area (Å²) in [6.07, 6.45) is 15.3. The highest BCUT2D eigenvalue weighted by molar-refractivity contribution is 7.94. The molecular formula is C46H48N3O12S4+. The predicted molar refractivity (Wildman–Crippen MR) is 252 cm³/mol. The highest BCUT2D eigenvalue weighted by Gasteiger charge is 2.45. The number of rotatable bonds is 17. The molecule has 0 spiro atoms. The van der Waals surface area contributed by atoms with Gasteiger partial charge in [-0.3, -0.25) is 18.6 Å². The van der Waals surface area contributed by atoms with Crippen molar-refractivity contribution < 1.29 is 58.1 Å². The number of hydrogen-bond acceptors (Lipinski definition) is 12. The van der Waals surface area contributed by atoms with E-state index in [1.54, 1.807) is 24.5 Å². The maximum Gasteiger partial charge on any atom is 0.294 e. The summed E-state index contributed by atoms with van der Waals surface area (Å²) in [5, 5.41) is 15.7. The van der Waals surface area contributed by atoms with Crippen LogP contribution in [-0.4, -0.2) is 84.0 Å². The van der Waals surface area contributed by atoms with Crippen LogP contribution in [0.5, 0.6) is 0 Å². The molecule has 7 rings (SSSR count). The van der Waals surface area contributed by atoms with Gasteiger partial charge in [-0.1, -0.05) is 61.4 Å². The van der Waals surface area contributed by atoms with E-state index in [9.17, 15) is 38.9 Å². The van der Waals surface area contributed by atoms with Crippen LogP contribution in [0.4, 0.5) is 11.4 Å². The average Bonchev–Trinajstić information content (AvgIpc) is 3.59. The Morgan fingerprint density at radius 3 is 2.14 bits per heavy atom. The molecule has 5 aromatic rings. The molecule has 1 aromatic heterocycles. The van der Waals surface area contributed by atoms with Crippen LogP contribution in [-0.2, 0) is 50.6 Å². The fourth-order valence-electron chi connectivity index (χ4n) is 8.98. The second-order valence-electron chi connectivity index (χ2n) is 16.7. The van der Waals surface area contributed by atoms with Gasteiger partial charge in [0, 0.05) is 64.8 Å². The van der Waals surface area contributed by atoms with E-state index in [4.69, 9.17) is 5.26 Å². The summed E-state index contributed by atoms with van der Waals surface area (Å²) in [7, 11) is -12.9. The molecule has 15 nitrogen and oxygen atoms in total. The molecule has 3 heterocycles. The van der Waals surface area contributed by atoms with Crippen LogP contribution in [0, 0.1) is 0 Å². The van der Waals surface area contributed by atoms with E-state index in [1.807, 2.05) is 104 Å². The van der Waals surface area contributed by atoms with Crippen molar-refractivity contribution in [3.63, 3.8) is 0 Å². The van der Waals surface area contributed by atoms with Gasteiger partial charge in [0.05, 0.1) is 33.9 Å². The molecule has 0 unspecified atom stereocenters. The van der Waals surface area contributed by atoms with Gasteiger partial charge >= 0.3 is 0 Å². The third-order valence-corrected chi connectivity index (χ3v) is 14.8. The molecule has 0 bridgehead atoms. The Kier molecular flexibility index (Phi) is 13.8. The zero-order valence-electron chi connectivity index (χ0n) is 35.8. The molecule has 0 saturated heterocycles. The lowest BCUT2D eigenvalue weighted by atomic mass is 9.79. The van der Waals surface area contributed by atoms with Crippen LogP contribution in [0.3, 0.4) is 0 Å². The molecule has 4 N–H and O–H groups in total. The quantitative estimate of drug-likeness (QED) is 0.0171. The summed E-state index contributed by atoms with van der Waals surface area (Å²) >= 11 is 0.856. The minimum Gasteiger partial charge on any atom is -0.344 e. The van der Waals surface area contributed by atoms with Crippen molar-refractivity contribution in [2.24, 2.45) is 0 Å². The van der Waals surface area contributed by atoms with Gasteiger partial charge in [-0.2, -0.15) is 29.8 Å². The Morgan fingerprint density at radius 1 is 0.785 bits per heavy atom. The molecule has 0 aliphatic carbocycles. The fourth-order valence-corrected chi connectivity index (χ4v) is 10.9. The Balaban J connectivity index is 1.29. The van der Waals surface area contributed by atoms with Crippen molar-refractivity contribution >= 4 is 86.6 Å². The molecule has 4 aromatic carbocycles. The first-order valence-electron chi connectivity index (χ1n) is 20.4. The molecule has 342 valence electrons. The first-order valence-corrected chi connectivity index (χ1v) is 25.8. The molecule has 0 atom stereocenters. The summed E-state index contributed by atoms with van der Waals surface area (Å²) < 4.78 is 107. The zero-order valence-corrected chi connectivity index (χ0v) is 39.1. The molecule has 0 radical (unpaired) electrons. The van der Waals surface area contributed by atoms with Crippen LogP contribution in [0.2, 0.25) is 0 Å². The van der Waals surface area contributed by atoms with Gasteiger partial charge in [0.1, 0.15) is 6.54 Å². The monoisotopic (exact) mass is 962 g/mol. The number of nitrogens with zero attached hydrogens (tertiary/aromatic N) is 3. The first-order chi connectivity index (χ1) is 30.6. The Labute approximate surface area is 382 Å². The molecular weight excluding hydrogens is 915 g/mol. The van der Waals surface area contributed by atoms with E-state index in [1.165, 1.54) is 12.1 Å². The van der Waals surface area contributed by atoms with Crippen LogP contribution in [0.25, 0.3) is 27.1 Å². The first kappa shape index (κ1) is 47.9. The number of pyridine rings is 1. The van der Waals surface area contributed by atoms with Gasteiger partial charge in [0.25, 0.3) is 30.4 Å². The van der Waals surface area contributed by atoms with E-state index in [0.29, 0.717) is 16.8 Å². The number of aromatic nitrogens is 1. The van der Waals surface area contributed by atoms with E-state index in [2.05, 4.69) is 32.8 Å². The topological polar surface area (TPSA) is 221 Å². The molecule has 0 fully saturated rings. The van der Waals surface area contributed by atoms with Crippen LogP contribution in [0.15, 0.2) is 137 Å². The minimum atomic E-state index is -4.45. The number of allylic oxidation sites excluding steroid dienone is 8. The standard InChI is InChI=1S/C46H47N3O12S4/c1-45(2)41(48(25-7-27-63(51,52)53)39-19-13-33-29-35(62-61-60-50)15-17-37(33)43(39)45)11-5-9-31(32-21-23-47-24-22-32)10-6-12-42-46(3,4)44-38-18-16-36(65(57,58)59)30-34(38)14-20-40(44)49(42)26-8-28-64(54,55)56/h5-6,9-24,29-30H,7-8,25-28H2,1-4H3,(H3-,50,51,52,53,54,55,56,57,58,59)/p+1. The lowest BCUT2D eigenvalue weighted by Crippen LogP contribution is -2.28. The third-order valence-electron chi connectivity index (χ3n) is 11.7. The van der Waals surface area contributed by atoms with Crippen molar-refractivity contribution in [1.82, 2.24) is 4.98 Å². The molecule has 0 amide bonds. The van der Waals surface area contributed by atoms with Gasteiger partial charge in [-0.05, 0) is 113 Å². The Hall–Kier alpha value is -5.06. The van der Waals surface area contributed by atoms with Gasteiger partial charge in [-0.15, -0.1) is 4.33 Å². The normalized spacial score (nSPS) is 17.1. The maximum atomic E-state index is 12.0. The molecule has 2 aliphatic heterocycles. The molecule has 2 aliphatic rings. The van der Waals surface area contributed by atoms with E-state index in [0.717, 1.165) is 73.2 Å². The highest BCUT2D eigenvalue weighted by atomic mass is 32.2. The van der Waals surface area contributed by atoms with Gasteiger partial charge in [0.2, 0.25) is 5.69 Å². The van der Waals surface area contributed by atoms with Crippen molar-refractivity contribution in [3.8, 4) is 0 Å². The third kappa shape index (κ3) is 10.5. The number of hydrogen-bond donors (Lipinski definition) is 4. The Morgan fingerprint density at radius 2 is 1.45 bits per heavy atom. The van der Waals surface area contributed by atoms with Crippen molar-refractivity contribution in [2.75, 3.05) is 29.5 Å². The van der Waals surface area contributed by atoms with Crippen LogP contribution < -0.4 is 4.90 Å². The summed E-state index contributed by atoms with van der Waals surface area (Å²) in [4.78, 5) is 6.68. The van der Waals surface area contributed by atoms with Gasteiger partial charge in [0.15, 0.2) is 5.71 Å². The summed E-state index contributed by atoms with van der Waals surface area (Å²) in [5.74, 6) is -0.852. The summed E-state index contributed by atoms with van der Waals surface area (Å²) in [6.45, 7) is 8.79. The Bertz CT molecular complexity index is 3180. The average molecular weight is 963 g/mol. The van der Waals surface area contributed by atoms with E-state index >= 15 is 0 Å². The summed E-state index contributed by atoms with van der Waals surface area (Å²) in [5.41, 5.74) is 5.72. The van der Waals surface area contributed by atoms with E-state index in [-0.39, 0.29) is 24.3 Å². The predicted octanol–water partition coefficient (Wildman–Crippen LogP) is 8.87. The number of fused-ring (bicyclic) bond motifs is 6. The fraction of sp³-hybridized carbons (Fsp3) is 0.261. The molecule has 0 saturated carbocycles. The van der Waals surface area contributed by atoms with Crippen LogP contribution in [0.1, 0.15) is 57.2 Å². The zero-order chi connectivity index (χ0) is 47.0. The smallest absolute Gasteiger partial charge is 0.294 e. The molecule has 65 heavy (non-hydrogen) atoms. The van der Waals surface area contributed by atoms with Crippen molar-refractivity contribution in [2.45, 2.75) is 61.2 Å². The highest BCUT2D eigenvalue weighted by Crippen LogP contribution is 2.51. The van der Waals surface area contributed by atoms with Crippen molar-refractivity contribution in [1.29, 1.82) is 0 Å². The summed E-state index contributed by atoms with van der Waals surface area (Å²) in [6, 6.07) is 21.4. The minimum absolute atomic E-state index is 0.124. The maximum absolute atomic E-state index is 12.0. The second kappa shape index (κ2) is 18.7. The molecule has 19 heteroatoms. The lowest BCUT2D eigenvalue weighted by molar-refractivity contribution is -0.437. The second-order valence-corrected chi connectivity index (χ2v) is 22.1. The van der Waals surface area contributed by atoms with Gasteiger partial charge in [-0.25, -0.2) is 5.26 Å². The number of benzene rings is 4. The largest absolute Gasteiger partial charge is 0.344 e. The van der Waals surface area contributed by atoms with Crippen LogP contribution >= 0.6 is 12.0 Å². The van der Waals surface area contributed by atoms with E-state index < -0.39 is 52.7 Å². The lowest BCUT2D eigenvalue weighted by Gasteiger charge is -2.27. The van der Waals surface area contributed by atoms with Gasteiger partial charge < -0.3 is 4.90 Å². The van der Waals surface area contributed by atoms with Crippen molar-refractivity contribution in [3.05, 3.63) is 144 Å². The SMILES string of the molecule is CC1(C)C(=CC=CC(=CC=CC2=[N+](CCCS(=O)(=O)O)c3ccc4cc(SOOO)ccc4c3C2(C)C)c2ccncc2)N(CCCS(=O)(=O)O)c2ccc3cc(S(=O)(=O)O)ccc3c21.